The second kappa shape index (κ2) is 9.59. The van der Waals surface area contributed by atoms with Gasteiger partial charge in [-0.3, -0.25) is 9.59 Å². The minimum atomic E-state index is -0.480. The van der Waals surface area contributed by atoms with Gasteiger partial charge in [0.2, 0.25) is 11.8 Å². The first-order chi connectivity index (χ1) is 15.6. The minimum absolute atomic E-state index is 0.00782. The Morgan fingerprint density at radius 1 is 1.16 bits per heavy atom. The SMILES string of the molecule is CCCCN1C(=O)C[C@@H](C(=O)Nc2ccc(-n3cnnn3)cc2)[C@@H]1c1ccc(OC)cc1. The molecule has 0 spiro atoms. The highest BCUT2D eigenvalue weighted by Gasteiger charge is 2.44. The van der Waals surface area contributed by atoms with Crippen molar-refractivity contribution in [3.05, 3.63) is 60.4 Å². The van der Waals surface area contributed by atoms with Gasteiger partial charge >= 0.3 is 0 Å². The van der Waals surface area contributed by atoms with E-state index >= 15 is 0 Å². The molecule has 0 saturated carbocycles. The molecule has 3 aromatic rings. The molecule has 166 valence electrons. The Balaban J connectivity index is 1.55. The van der Waals surface area contributed by atoms with Crippen LogP contribution < -0.4 is 10.1 Å². The van der Waals surface area contributed by atoms with E-state index in [-0.39, 0.29) is 24.3 Å². The normalized spacial score (nSPS) is 18.1. The number of hydrogen-bond donors (Lipinski definition) is 1. The van der Waals surface area contributed by atoms with E-state index in [9.17, 15) is 9.59 Å². The molecule has 4 rings (SSSR count). The van der Waals surface area contributed by atoms with Crippen molar-refractivity contribution in [2.45, 2.75) is 32.2 Å². The van der Waals surface area contributed by atoms with Gasteiger partial charge in [-0.25, -0.2) is 4.68 Å². The molecule has 2 aromatic carbocycles. The Morgan fingerprint density at radius 3 is 2.53 bits per heavy atom. The maximum Gasteiger partial charge on any atom is 0.230 e. The Kier molecular flexibility index (Phi) is 6.44. The number of nitrogens with one attached hydrogen (secondary N) is 1. The van der Waals surface area contributed by atoms with Gasteiger partial charge in [0, 0.05) is 18.7 Å². The zero-order valence-electron chi connectivity index (χ0n) is 18.1. The van der Waals surface area contributed by atoms with E-state index in [4.69, 9.17) is 4.74 Å². The Labute approximate surface area is 186 Å². The number of rotatable bonds is 8. The molecule has 1 N–H and O–H groups in total. The standard InChI is InChI=1S/C23H26N6O3/c1-3-4-13-28-21(30)14-20(22(28)16-5-11-19(32-2)12-6-16)23(31)25-17-7-9-18(10-8-17)29-15-24-26-27-29/h5-12,15,20,22H,3-4,13-14H2,1-2H3,(H,25,31)/t20-,22+/m1/s1. The summed E-state index contributed by atoms with van der Waals surface area (Å²) in [6.07, 6.45) is 3.56. The molecule has 2 heterocycles. The van der Waals surface area contributed by atoms with Crippen LogP contribution in [0.25, 0.3) is 5.69 Å². The summed E-state index contributed by atoms with van der Waals surface area (Å²) in [4.78, 5) is 27.9. The van der Waals surface area contributed by atoms with Gasteiger partial charge in [0.1, 0.15) is 12.1 Å². The second-order valence-electron chi connectivity index (χ2n) is 7.76. The van der Waals surface area contributed by atoms with E-state index in [2.05, 4.69) is 27.8 Å². The summed E-state index contributed by atoms with van der Waals surface area (Å²) in [5, 5.41) is 14.1. The molecule has 1 aliphatic heterocycles. The summed E-state index contributed by atoms with van der Waals surface area (Å²) in [5.41, 5.74) is 2.37. The highest BCUT2D eigenvalue weighted by Crippen LogP contribution is 2.39. The van der Waals surface area contributed by atoms with Crippen molar-refractivity contribution in [3.8, 4) is 11.4 Å². The minimum Gasteiger partial charge on any atom is -0.497 e. The van der Waals surface area contributed by atoms with Crippen LogP contribution in [-0.2, 0) is 9.59 Å². The van der Waals surface area contributed by atoms with E-state index in [0.29, 0.717) is 12.2 Å². The zero-order chi connectivity index (χ0) is 22.5. The van der Waals surface area contributed by atoms with Gasteiger partial charge in [-0.15, -0.1) is 5.10 Å². The van der Waals surface area contributed by atoms with E-state index < -0.39 is 5.92 Å². The molecule has 32 heavy (non-hydrogen) atoms. The molecule has 9 nitrogen and oxygen atoms in total. The molecule has 0 aliphatic carbocycles. The lowest BCUT2D eigenvalue weighted by molar-refractivity contribution is -0.129. The van der Waals surface area contributed by atoms with Gasteiger partial charge in [-0.05, 0) is 58.8 Å². The monoisotopic (exact) mass is 434 g/mol. The van der Waals surface area contributed by atoms with Crippen molar-refractivity contribution in [3.63, 3.8) is 0 Å². The lowest BCUT2D eigenvalue weighted by atomic mass is 9.92. The van der Waals surface area contributed by atoms with Crippen molar-refractivity contribution in [1.82, 2.24) is 25.1 Å². The molecule has 0 radical (unpaired) electrons. The molecular formula is C23H26N6O3. The molecule has 2 atom stereocenters. The number of carbonyl (C=O) groups excluding carboxylic acids is 2. The summed E-state index contributed by atoms with van der Waals surface area (Å²) >= 11 is 0. The number of anilines is 1. The maximum absolute atomic E-state index is 13.2. The van der Waals surface area contributed by atoms with Crippen molar-refractivity contribution >= 4 is 17.5 Å². The van der Waals surface area contributed by atoms with Crippen molar-refractivity contribution in [2.75, 3.05) is 19.0 Å². The molecule has 2 amide bonds. The van der Waals surface area contributed by atoms with E-state index in [1.165, 1.54) is 11.0 Å². The van der Waals surface area contributed by atoms with E-state index in [1.807, 2.05) is 41.3 Å². The van der Waals surface area contributed by atoms with E-state index in [0.717, 1.165) is 29.8 Å². The van der Waals surface area contributed by atoms with Crippen LogP contribution >= 0.6 is 0 Å². The third kappa shape index (κ3) is 4.46. The van der Waals surface area contributed by atoms with Gasteiger partial charge in [-0.1, -0.05) is 25.5 Å². The summed E-state index contributed by atoms with van der Waals surface area (Å²) < 4.78 is 6.79. The number of aromatic nitrogens is 4. The molecule has 9 heteroatoms. The molecule has 0 unspecified atom stereocenters. The topological polar surface area (TPSA) is 102 Å². The molecule has 1 saturated heterocycles. The van der Waals surface area contributed by atoms with Crippen molar-refractivity contribution < 1.29 is 14.3 Å². The predicted octanol–water partition coefficient (Wildman–Crippen LogP) is 3.00. The highest BCUT2D eigenvalue weighted by atomic mass is 16.5. The number of benzene rings is 2. The third-order valence-corrected chi connectivity index (χ3v) is 5.73. The number of nitrogens with zero attached hydrogens (tertiary/aromatic N) is 5. The number of tetrazole rings is 1. The largest absolute Gasteiger partial charge is 0.497 e. The van der Waals surface area contributed by atoms with Crippen molar-refractivity contribution in [2.24, 2.45) is 5.92 Å². The van der Waals surface area contributed by atoms with Crippen LogP contribution in [0.15, 0.2) is 54.9 Å². The first-order valence-corrected chi connectivity index (χ1v) is 10.7. The van der Waals surface area contributed by atoms with Crippen molar-refractivity contribution in [1.29, 1.82) is 0 Å². The summed E-state index contributed by atoms with van der Waals surface area (Å²) in [7, 11) is 1.61. The van der Waals surface area contributed by atoms with Gasteiger partial charge in [0.15, 0.2) is 0 Å². The smallest absolute Gasteiger partial charge is 0.230 e. The number of carbonyl (C=O) groups is 2. The molecule has 0 bridgehead atoms. The van der Waals surface area contributed by atoms with Gasteiger partial charge in [-0.2, -0.15) is 0 Å². The Hall–Kier alpha value is -3.75. The second-order valence-corrected chi connectivity index (χ2v) is 7.76. The molecular weight excluding hydrogens is 408 g/mol. The molecule has 1 fully saturated rings. The fraction of sp³-hybridized carbons (Fsp3) is 0.348. The Bertz CT molecular complexity index is 1050. The zero-order valence-corrected chi connectivity index (χ0v) is 18.1. The number of likely N-dealkylation sites (tertiary alicyclic amines) is 1. The van der Waals surface area contributed by atoms with Crippen LogP contribution in [0, 0.1) is 5.92 Å². The average molecular weight is 435 g/mol. The lowest BCUT2D eigenvalue weighted by Crippen LogP contribution is -2.33. The number of ether oxygens (including phenoxy) is 1. The summed E-state index contributed by atoms with van der Waals surface area (Å²) in [5.74, 6) is 0.0931. The first-order valence-electron chi connectivity index (χ1n) is 10.7. The number of amides is 2. The number of unbranched alkanes of at least 4 members (excludes halogenated alkanes) is 1. The lowest BCUT2D eigenvalue weighted by Gasteiger charge is -2.28. The maximum atomic E-state index is 13.2. The first kappa shape index (κ1) is 21.5. The van der Waals surface area contributed by atoms with Crippen LogP contribution in [0.3, 0.4) is 0 Å². The highest BCUT2D eigenvalue weighted by molar-refractivity contribution is 5.98. The Morgan fingerprint density at radius 2 is 1.91 bits per heavy atom. The number of hydrogen-bond acceptors (Lipinski definition) is 6. The van der Waals surface area contributed by atoms with E-state index in [1.54, 1.807) is 19.2 Å². The molecule has 1 aromatic heterocycles. The fourth-order valence-electron chi connectivity index (χ4n) is 4.04. The summed E-state index contributed by atoms with van der Waals surface area (Å²) in [6.45, 7) is 2.72. The van der Waals surface area contributed by atoms with Crippen LogP contribution in [0.5, 0.6) is 5.75 Å². The van der Waals surface area contributed by atoms with Gasteiger partial charge in [0.05, 0.1) is 24.8 Å². The van der Waals surface area contributed by atoms with Gasteiger partial charge in [0.25, 0.3) is 0 Å². The number of methoxy groups -OCH3 is 1. The summed E-state index contributed by atoms with van der Waals surface area (Å²) in [6, 6.07) is 14.5. The van der Waals surface area contributed by atoms with Crippen LogP contribution in [0.4, 0.5) is 5.69 Å². The third-order valence-electron chi connectivity index (χ3n) is 5.73. The quantitative estimate of drug-likeness (QED) is 0.585. The van der Waals surface area contributed by atoms with Gasteiger partial charge < -0.3 is 15.0 Å². The fourth-order valence-corrected chi connectivity index (χ4v) is 4.04. The van der Waals surface area contributed by atoms with Crippen LogP contribution in [-0.4, -0.2) is 50.6 Å². The average Bonchev–Trinajstić information content (AvgIpc) is 3.46. The van der Waals surface area contributed by atoms with Crippen LogP contribution in [0.2, 0.25) is 0 Å². The van der Waals surface area contributed by atoms with Crippen LogP contribution in [0.1, 0.15) is 37.8 Å². The molecule has 1 aliphatic rings. The predicted molar refractivity (Wildman–Crippen MR) is 118 cm³/mol.